The van der Waals surface area contributed by atoms with Gasteiger partial charge in [0.25, 0.3) is 10.0 Å². The van der Waals surface area contributed by atoms with Crippen molar-refractivity contribution in [1.29, 1.82) is 0 Å². The molecule has 0 radical (unpaired) electrons. The van der Waals surface area contributed by atoms with Gasteiger partial charge in [-0.2, -0.15) is 0 Å². The third kappa shape index (κ3) is 2.55. The molecule has 0 saturated carbocycles. The molecular formula is C10H12N2O4S2. The number of aliphatic hydroxyl groups is 1. The Hall–Kier alpha value is -1.38. The molecule has 0 aliphatic carbocycles. The molecule has 6 nitrogen and oxygen atoms in total. The van der Waals surface area contributed by atoms with E-state index >= 15 is 0 Å². The number of aromatic nitrogens is 1. The fourth-order valence-corrected chi connectivity index (χ4v) is 3.55. The molecule has 2 N–H and O–H groups in total. The number of hydrogen-bond acceptors (Lipinski definition) is 6. The van der Waals surface area contributed by atoms with Crippen molar-refractivity contribution >= 4 is 26.5 Å². The van der Waals surface area contributed by atoms with Gasteiger partial charge in [0, 0.05) is 17.1 Å². The van der Waals surface area contributed by atoms with Crippen molar-refractivity contribution in [2.45, 2.75) is 25.3 Å². The average molecular weight is 288 g/mol. The molecule has 2 aromatic rings. The first kappa shape index (κ1) is 13.1. The van der Waals surface area contributed by atoms with Crippen LogP contribution in [-0.4, -0.2) is 18.5 Å². The molecule has 98 valence electrons. The lowest BCUT2D eigenvalue weighted by Gasteiger charge is -2.02. The number of rotatable bonds is 4. The summed E-state index contributed by atoms with van der Waals surface area (Å²) in [6, 6.07) is 1.30. The smallest absolute Gasteiger partial charge is 0.267 e. The van der Waals surface area contributed by atoms with Crippen molar-refractivity contribution in [3.63, 3.8) is 0 Å². The zero-order valence-corrected chi connectivity index (χ0v) is 11.4. The predicted octanol–water partition coefficient (Wildman–Crippen LogP) is 1.65. The maximum atomic E-state index is 12.1. The van der Waals surface area contributed by atoms with E-state index in [1.54, 1.807) is 6.20 Å². The van der Waals surface area contributed by atoms with Crippen LogP contribution >= 0.6 is 11.3 Å². The standard InChI is InChI=1S/C10H12N2O4S2/c1-6-4-11-10(17-6)12-18(14,15)9-3-8(5-13)16-7(9)2/h3-4,13H,5H2,1-2H3,(H,11,12). The van der Waals surface area contributed by atoms with Crippen LogP contribution in [0.5, 0.6) is 0 Å². The molecule has 0 saturated heterocycles. The normalized spacial score (nSPS) is 11.7. The molecule has 2 rings (SSSR count). The Morgan fingerprint density at radius 3 is 2.72 bits per heavy atom. The Morgan fingerprint density at radius 1 is 1.50 bits per heavy atom. The second kappa shape index (κ2) is 4.71. The topological polar surface area (TPSA) is 92.4 Å². The Labute approximate surface area is 108 Å². The third-order valence-electron chi connectivity index (χ3n) is 2.21. The summed E-state index contributed by atoms with van der Waals surface area (Å²) in [7, 11) is -3.73. The highest BCUT2D eigenvalue weighted by Crippen LogP contribution is 2.24. The number of hydrogen-bond donors (Lipinski definition) is 2. The highest BCUT2D eigenvalue weighted by Gasteiger charge is 2.22. The van der Waals surface area contributed by atoms with Gasteiger partial charge in [0.05, 0.1) is 0 Å². The zero-order chi connectivity index (χ0) is 13.3. The summed E-state index contributed by atoms with van der Waals surface area (Å²) in [5.74, 6) is 0.447. The summed E-state index contributed by atoms with van der Waals surface area (Å²) in [5.41, 5.74) is 0. The average Bonchev–Trinajstić information content (AvgIpc) is 2.84. The maximum Gasteiger partial charge on any atom is 0.267 e. The lowest BCUT2D eigenvalue weighted by atomic mass is 10.4. The molecule has 0 bridgehead atoms. The highest BCUT2D eigenvalue weighted by molar-refractivity contribution is 7.93. The van der Waals surface area contributed by atoms with Crippen LogP contribution in [-0.2, 0) is 16.6 Å². The fraction of sp³-hybridized carbons (Fsp3) is 0.300. The first-order valence-electron chi connectivity index (χ1n) is 5.08. The van der Waals surface area contributed by atoms with Crippen LogP contribution in [0.25, 0.3) is 0 Å². The van der Waals surface area contributed by atoms with Gasteiger partial charge in [0.2, 0.25) is 0 Å². The summed E-state index contributed by atoms with van der Waals surface area (Å²) in [6.45, 7) is 3.02. The van der Waals surface area contributed by atoms with E-state index in [4.69, 9.17) is 9.52 Å². The molecule has 0 aliphatic heterocycles. The Balaban J connectivity index is 2.33. The van der Waals surface area contributed by atoms with Gasteiger partial charge in [-0.1, -0.05) is 0 Å². The quantitative estimate of drug-likeness (QED) is 0.892. The summed E-state index contributed by atoms with van der Waals surface area (Å²) in [6.07, 6.45) is 1.59. The zero-order valence-electron chi connectivity index (χ0n) is 9.80. The van der Waals surface area contributed by atoms with Gasteiger partial charge in [-0.25, -0.2) is 13.4 Å². The van der Waals surface area contributed by atoms with E-state index < -0.39 is 10.0 Å². The van der Waals surface area contributed by atoms with E-state index in [0.29, 0.717) is 5.13 Å². The highest BCUT2D eigenvalue weighted by atomic mass is 32.2. The van der Waals surface area contributed by atoms with E-state index in [-0.39, 0.29) is 23.0 Å². The molecule has 0 amide bonds. The molecule has 0 atom stereocenters. The first-order valence-corrected chi connectivity index (χ1v) is 7.38. The van der Waals surface area contributed by atoms with Crippen molar-refractivity contribution < 1.29 is 17.9 Å². The minimum Gasteiger partial charge on any atom is -0.462 e. The van der Waals surface area contributed by atoms with Gasteiger partial charge in [-0.3, -0.25) is 4.72 Å². The van der Waals surface area contributed by atoms with Crippen LogP contribution in [0.3, 0.4) is 0 Å². The van der Waals surface area contributed by atoms with Crippen molar-refractivity contribution in [3.05, 3.63) is 28.7 Å². The van der Waals surface area contributed by atoms with E-state index in [9.17, 15) is 8.42 Å². The minimum atomic E-state index is -3.73. The SMILES string of the molecule is Cc1cnc(NS(=O)(=O)c2cc(CO)oc2C)s1. The van der Waals surface area contributed by atoms with Crippen molar-refractivity contribution in [2.75, 3.05) is 4.72 Å². The number of anilines is 1. The van der Waals surface area contributed by atoms with Gasteiger partial charge < -0.3 is 9.52 Å². The molecule has 0 spiro atoms. The Bertz CT molecular complexity index is 657. The van der Waals surface area contributed by atoms with Gasteiger partial charge in [0.1, 0.15) is 23.0 Å². The molecule has 0 unspecified atom stereocenters. The lowest BCUT2D eigenvalue weighted by molar-refractivity contribution is 0.245. The van der Waals surface area contributed by atoms with Crippen molar-refractivity contribution in [1.82, 2.24) is 4.98 Å². The third-order valence-corrected chi connectivity index (χ3v) is 4.62. The monoisotopic (exact) mass is 288 g/mol. The van der Waals surface area contributed by atoms with E-state index in [1.807, 2.05) is 6.92 Å². The van der Waals surface area contributed by atoms with Gasteiger partial charge in [-0.15, -0.1) is 11.3 Å². The minimum absolute atomic E-state index is 0.0133. The van der Waals surface area contributed by atoms with Crippen LogP contribution < -0.4 is 4.72 Å². The number of aliphatic hydroxyl groups excluding tert-OH is 1. The van der Waals surface area contributed by atoms with Crippen LogP contribution in [0.15, 0.2) is 21.6 Å². The van der Waals surface area contributed by atoms with Crippen molar-refractivity contribution in [2.24, 2.45) is 0 Å². The molecule has 8 heteroatoms. The van der Waals surface area contributed by atoms with Crippen molar-refractivity contribution in [3.8, 4) is 0 Å². The molecular weight excluding hydrogens is 276 g/mol. The molecule has 0 aromatic carbocycles. The van der Waals surface area contributed by atoms with Crippen LogP contribution in [0.4, 0.5) is 5.13 Å². The van der Waals surface area contributed by atoms with Gasteiger partial charge >= 0.3 is 0 Å². The van der Waals surface area contributed by atoms with E-state index in [2.05, 4.69) is 9.71 Å². The van der Waals surface area contributed by atoms with Crippen LogP contribution in [0.2, 0.25) is 0 Å². The number of sulfonamides is 1. The largest absolute Gasteiger partial charge is 0.462 e. The number of nitrogens with zero attached hydrogens (tertiary/aromatic N) is 1. The Kier molecular flexibility index (Phi) is 3.42. The first-order chi connectivity index (χ1) is 8.42. The Morgan fingerprint density at radius 2 is 2.22 bits per heavy atom. The number of furan rings is 1. The van der Waals surface area contributed by atoms with Crippen LogP contribution in [0, 0.1) is 13.8 Å². The predicted molar refractivity (Wildman–Crippen MR) is 67.0 cm³/mol. The summed E-state index contributed by atoms with van der Waals surface area (Å²) in [5, 5.41) is 9.22. The van der Waals surface area contributed by atoms with Gasteiger partial charge in [-0.05, 0) is 13.8 Å². The number of thiazole rings is 1. The van der Waals surface area contributed by atoms with Crippen LogP contribution in [0.1, 0.15) is 16.4 Å². The summed E-state index contributed by atoms with van der Waals surface area (Å²) >= 11 is 1.25. The summed E-state index contributed by atoms with van der Waals surface area (Å²) in [4.78, 5) is 4.85. The molecule has 18 heavy (non-hydrogen) atoms. The fourth-order valence-electron chi connectivity index (χ4n) is 1.44. The molecule has 0 aliphatic rings. The number of nitrogens with one attached hydrogen (secondary N) is 1. The molecule has 0 fully saturated rings. The summed E-state index contributed by atoms with van der Waals surface area (Å²) < 4.78 is 31.6. The second-order valence-corrected chi connectivity index (χ2v) is 6.56. The van der Waals surface area contributed by atoms with Gasteiger partial charge in [0.15, 0.2) is 5.13 Å². The van der Waals surface area contributed by atoms with E-state index in [0.717, 1.165) is 4.88 Å². The molecule has 2 heterocycles. The lowest BCUT2D eigenvalue weighted by Crippen LogP contribution is -2.12. The number of aryl methyl sites for hydroxylation is 2. The second-order valence-electron chi connectivity index (χ2n) is 3.67. The maximum absolute atomic E-state index is 12.1. The van der Waals surface area contributed by atoms with E-state index in [1.165, 1.54) is 24.3 Å². The molecule has 2 aromatic heterocycles.